The molecular weight excluding hydrogens is 315 g/mol. The highest BCUT2D eigenvalue weighted by atomic mass is 35.5. The van der Waals surface area contributed by atoms with Gasteiger partial charge in [0, 0.05) is 17.3 Å². The molecule has 4 rings (SSSR count). The van der Waals surface area contributed by atoms with Gasteiger partial charge < -0.3 is 0 Å². The average Bonchev–Trinajstić information content (AvgIpc) is 3.11. The number of halogens is 2. The fraction of sp³-hybridized carbons (Fsp3) is 0.278. The van der Waals surface area contributed by atoms with Crippen molar-refractivity contribution in [2.24, 2.45) is 0 Å². The number of anilines is 1. The van der Waals surface area contributed by atoms with Crippen LogP contribution in [-0.2, 0) is 4.79 Å². The van der Waals surface area contributed by atoms with Gasteiger partial charge in [-0.15, -0.1) is 0 Å². The van der Waals surface area contributed by atoms with Crippen molar-refractivity contribution in [3.05, 3.63) is 64.9 Å². The van der Waals surface area contributed by atoms with Gasteiger partial charge in [-0.3, -0.25) is 14.6 Å². The van der Waals surface area contributed by atoms with E-state index in [2.05, 4.69) is 4.90 Å². The quantitative estimate of drug-likeness (QED) is 0.831. The lowest BCUT2D eigenvalue weighted by molar-refractivity contribution is -0.119. The summed E-state index contributed by atoms with van der Waals surface area (Å²) in [5.74, 6) is -0.176. The van der Waals surface area contributed by atoms with E-state index in [0.717, 1.165) is 30.6 Å². The van der Waals surface area contributed by atoms with Crippen LogP contribution < -0.4 is 4.90 Å². The molecule has 1 amide bonds. The highest BCUT2D eigenvalue weighted by molar-refractivity contribution is 6.31. The zero-order valence-electron chi connectivity index (χ0n) is 12.5. The Kier molecular flexibility index (Phi) is 3.58. The zero-order valence-corrected chi connectivity index (χ0v) is 13.2. The third-order valence-corrected chi connectivity index (χ3v) is 4.87. The molecule has 0 unspecified atom stereocenters. The van der Waals surface area contributed by atoms with E-state index in [1.807, 2.05) is 12.1 Å². The molecule has 2 fully saturated rings. The Hall–Kier alpha value is -1.91. The first kappa shape index (κ1) is 14.7. The lowest BCUT2D eigenvalue weighted by Crippen LogP contribution is -2.32. The highest BCUT2D eigenvalue weighted by Gasteiger charge is 2.49. The second-order valence-corrected chi connectivity index (χ2v) is 6.45. The summed E-state index contributed by atoms with van der Waals surface area (Å²) in [5, 5.41) is 0.597. The van der Waals surface area contributed by atoms with E-state index < -0.39 is 0 Å². The van der Waals surface area contributed by atoms with Gasteiger partial charge in [-0.1, -0.05) is 29.8 Å². The van der Waals surface area contributed by atoms with E-state index in [0.29, 0.717) is 5.02 Å². The molecule has 0 aromatic heterocycles. The van der Waals surface area contributed by atoms with Crippen molar-refractivity contribution in [3.8, 4) is 0 Å². The smallest absolute Gasteiger partial charge is 0.246 e. The Morgan fingerprint density at radius 1 is 1.13 bits per heavy atom. The summed E-state index contributed by atoms with van der Waals surface area (Å²) in [4.78, 5) is 16.9. The van der Waals surface area contributed by atoms with Crippen LogP contribution in [-0.4, -0.2) is 23.4 Å². The van der Waals surface area contributed by atoms with E-state index >= 15 is 0 Å². The molecule has 5 heteroatoms. The van der Waals surface area contributed by atoms with Crippen LogP contribution in [0, 0.1) is 5.82 Å². The largest absolute Gasteiger partial charge is 0.290 e. The average molecular weight is 331 g/mol. The molecule has 2 aliphatic heterocycles. The first-order chi connectivity index (χ1) is 11.1. The van der Waals surface area contributed by atoms with Crippen LogP contribution in [0.5, 0.6) is 0 Å². The Morgan fingerprint density at radius 3 is 2.65 bits per heavy atom. The van der Waals surface area contributed by atoms with Gasteiger partial charge in [-0.05, 0) is 48.7 Å². The van der Waals surface area contributed by atoms with Gasteiger partial charge in [0.05, 0.1) is 6.04 Å². The second-order valence-electron chi connectivity index (χ2n) is 6.01. The van der Waals surface area contributed by atoms with Crippen molar-refractivity contribution >= 4 is 23.2 Å². The highest BCUT2D eigenvalue weighted by Crippen LogP contribution is 2.42. The molecule has 0 N–H and O–H groups in total. The summed E-state index contributed by atoms with van der Waals surface area (Å²) in [7, 11) is 0. The number of benzene rings is 2. The van der Waals surface area contributed by atoms with Gasteiger partial charge in [-0.2, -0.15) is 0 Å². The Balaban J connectivity index is 1.81. The van der Waals surface area contributed by atoms with Gasteiger partial charge in [0.2, 0.25) is 5.91 Å². The van der Waals surface area contributed by atoms with Crippen molar-refractivity contribution in [2.75, 3.05) is 11.4 Å². The summed E-state index contributed by atoms with van der Waals surface area (Å²) in [6.45, 7) is 0.871. The van der Waals surface area contributed by atoms with Crippen molar-refractivity contribution in [1.29, 1.82) is 0 Å². The summed E-state index contributed by atoms with van der Waals surface area (Å²) < 4.78 is 13.3. The maximum Gasteiger partial charge on any atom is 0.246 e. The molecule has 118 valence electrons. The molecule has 0 spiro atoms. The minimum Gasteiger partial charge on any atom is -0.290 e. The Labute approximate surface area is 139 Å². The summed E-state index contributed by atoms with van der Waals surface area (Å²) >= 11 is 6.10. The maximum atomic E-state index is 13.3. The number of amides is 1. The molecule has 2 atom stereocenters. The SMILES string of the molecule is O=C1[C@@H]2CCCN2[C@@H](c2ccc(F)cc2)N1c1cccc(Cl)c1. The Bertz CT molecular complexity index is 749. The van der Waals surface area contributed by atoms with Crippen LogP contribution in [0.15, 0.2) is 48.5 Å². The molecule has 2 aromatic rings. The first-order valence-corrected chi connectivity index (χ1v) is 8.13. The van der Waals surface area contributed by atoms with Crippen LogP contribution in [0.3, 0.4) is 0 Å². The summed E-state index contributed by atoms with van der Waals surface area (Å²) in [5.41, 5.74) is 1.70. The van der Waals surface area contributed by atoms with Crippen molar-refractivity contribution < 1.29 is 9.18 Å². The molecule has 2 heterocycles. The second kappa shape index (κ2) is 5.62. The topological polar surface area (TPSA) is 23.6 Å². The Morgan fingerprint density at radius 2 is 1.91 bits per heavy atom. The third-order valence-electron chi connectivity index (χ3n) is 4.63. The van der Waals surface area contributed by atoms with Gasteiger partial charge in [-0.25, -0.2) is 4.39 Å². The van der Waals surface area contributed by atoms with E-state index in [1.54, 1.807) is 29.2 Å². The number of hydrogen-bond acceptors (Lipinski definition) is 2. The standard InChI is InChI=1S/C18H16ClFN2O/c19-13-3-1-4-15(11-13)22-17(12-6-8-14(20)9-7-12)21-10-2-5-16(21)18(22)23/h1,3-4,6-9,11,16-17H,2,5,10H2/t16-,17+/m0/s1. The molecule has 2 saturated heterocycles. The zero-order chi connectivity index (χ0) is 16.0. The van der Waals surface area contributed by atoms with Gasteiger partial charge in [0.1, 0.15) is 12.0 Å². The number of nitrogens with zero attached hydrogens (tertiary/aromatic N) is 2. The minimum atomic E-state index is -0.273. The molecule has 23 heavy (non-hydrogen) atoms. The van der Waals surface area contributed by atoms with Gasteiger partial charge in [0.25, 0.3) is 0 Å². The monoisotopic (exact) mass is 330 g/mol. The van der Waals surface area contributed by atoms with E-state index in [4.69, 9.17) is 11.6 Å². The summed E-state index contributed by atoms with van der Waals surface area (Å²) in [6, 6.07) is 13.6. The maximum absolute atomic E-state index is 13.3. The van der Waals surface area contributed by atoms with Crippen molar-refractivity contribution in [1.82, 2.24) is 4.90 Å². The van der Waals surface area contributed by atoms with Crippen LogP contribution in [0.1, 0.15) is 24.6 Å². The third kappa shape index (κ3) is 2.42. The number of carbonyl (C=O) groups excluding carboxylic acids is 1. The van der Waals surface area contributed by atoms with Crippen molar-refractivity contribution in [2.45, 2.75) is 25.0 Å². The van der Waals surface area contributed by atoms with Crippen LogP contribution >= 0.6 is 11.6 Å². The normalized spacial score (nSPS) is 24.3. The number of fused-ring (bicyclic) bond motifs is 1. The molecule has 2 aliphatic rings. The van der Waals surface area contributed by atoms with Crippen molar-refractivity contribution in [3.63, 3.8) is 0 Å². The molecule has 2 aromatic carbocycles. The number of carbonyl (C=O) groups is 1. The fourth-order valence-electron chi connectivity index (χ4n) is 3.65. The summed E-state index contributed by atoms with van der Waals surface area (Å²) in [6.07, 6.45) is 1.68. The molecule has 0 saturated carbocycles. The van der Waals surface area contributed by atoms with Crippen LogP contribution in [0.4, 0.5) is 10.1 Å². The van der Waals surface area contributed by atoms with E-state index in [-0.39, 0.29) is 23.9 Å². The number of rotatable bonds is 2. The van der Waals surface area contributed by atoms with E-state index in [9.17, 15) is 9.18 Å². The fourth-order valence-corrected chi connectivity index (χ4v) is 3.83. The van der Waals surface area contributed by atoms with Crippen LogP contribution in [0.25, 0.3) is 0 Å². The van der Waals surface area contributed by atoms with Gasteiger partial charge in [0.15, 0.2) is 0 Å². The molecule has 3 nitrogen and oxygen atoms in total. The lowest BCUT2D eigenvalue weighted by Gasteiger charge is -2.29. The molecule has 0 bridgehead atoms. The molecular formula is C18H16ClFN2O. The predicted octanol–water partition coefficient (Wildman–Crippen LogP) is 3.99. The van der Waals surface area contributed by atoms with E-state index in [1.165, 1.54) is 12.1 Å². The lowest BCUT2D eigenvalue weighted by atomic mass is 10.1. The molecule has 0 aliphatic carbocycles. The van der Waals surface area contributed by atoms with Crippen LogP contribution in [0.2, 0.25) is 5.02 Å². The van der Waals surface area contributed by atoms with Gasteiger partial charge >= 0.3 is 0 Å². The number of hydrogen-bond donors (Lipinski definition) is 0. The first-order valence-electron chi connectivity index (χ1n) is 7.75. The molecule has 0 radical (unpaired) electrons. The predicted molar refractivity (Wildman–Crippen MR) is 87.8 cm³/mol. The minimum absolute atomic E-state index is 0.0935.